The third kappa shape index (κ3) is 5.55. The Morgan fingerprint density at radius 2 is 2.09 bits per heavy atom. The molecule has 34 heavy (non-hydrogen) atoms. The molecule has 11 nitrogen and oxygen atoms in total. The Balaban J connectivity index is 1.48. The average Bonchev–Trinajstić information content (AvgIpc) is 3.40. The summed E-state index contributed by atoms with van der Waals surface area (Å²) in [5.74, 6) is 1.51. The number of terminal acetylenes is 1. The maximum Gasteiger partial charge on any atom is 0.359 e. The lowest BCUT2D eigenvalue weighted by atomic mass is 10.2. The first-order valence-electron chi connectivity index (χ1n) is 10.3. The minimum Gasteiger partial charge on any atom is -0.460 e. The first-order valence-corrected chi connectivity index (χ1v) is 10.7. The number of nitrogens with zero attached hydrogens (tertiary/aromatic N) is 6. The molecular weight excluding hydrogens is 462 g/mol. The van der Waals surface area contributed by atoms with Crippen LogP contribution in [0.25, 0.3) is 5.82 Å². The molecule has 174 valence electrons. The zero-order chi connectivity index (χ0) is 23.9. The predicted octanol–water partition coefficient (Wildman–Crippen LogP) is 1.43. The molecule has 0 radical (unpaired) electrons. The van der Waals surface area contributed by atoms with Crippen molar-refractivity contribution >= 4 is 29.2 Å². The molecule has 1 amide bonds. The number of rotatable bonds is 7. The number of ether oxygens (including phenoxy) is 2. The molecule has 0 bridgehead atoms. The van der Waals surface area contributed by atoms with Crippen LogP contribution in [0.5, 0.6) is 0 Å². The van der Waals surface area contributed by atoms with Crippen LogP contribution in [-0.2, 0) is 9.47 Å². The van der Waals surface area contributed by atoms with Gasteiger partial charge in [0.15, 0.2) is 17.2 Å². The van der Waals surface area contributed by atoms with E-state index in [4.69, 9.17) is 27.5 Å². The minimum atomic E-state index is -0.740. The lowest BCUT2D eigenvalue weighted by Crippen LogP contribution is -2.38. The van der Waals surface area contributed by atoms with Crippen molar-refractivity contribution in [2.75, 3.05) is 44.8 Å². The van der Waals surface area contributed by atoms with Gasteiger partial charge in [0.05, 0.1) is 24.5 Å². The summed E-state index contributed by atoms with van der Waals surface area (Å²) >= 11 is 6.10. The number of aromatic nitrogens is 5. The summed E-state index contributed by atoms with van der Waals surface area (Å²) in [4.78, 5) is 35.6. The van der Waals surface area contributed by atoms with Gasteiger partial charge >= 0.3 is 5.97 Å². The summed E-state index contributed by atoms with van der Waals surface area (Å²) in [6.45, 7) is 3.50. The fourth-order valence-corrected chi connectivity index (χ4v) is 3.36. The largest absolute Gasteiger partial charge is 0.460 e. The molecule has 0 unspecified atom stereocenters. The number of hydrogen-bond acceptors (Lipinski definition) is 9. The van der Waals surface area contributed by atoms with E-state index in [1.807, 2.05) is 0 Å². The molecule has 1 aliphatic heterocycles. The van der Waals surface area contributed by atoms with E-state index < -0.39 is 11.9 Å². The van der Waals surface area contributed by atoms with Gasteiger partial charge in [-0.2, -0.15) is 0 Å². The number of morpholine rings is 1. The molecule has 4 heterocycles. The van der Waals surface area contributed by atoms with Gasteiger partial charge in [-0.3, -0.25) is 14.3 Å². The Kier molecular flexibility index (Phi) is 7.44. The number of hydrogen-bond donors (Lipinski definition) is 1. The maximum absolute atomic E-state index is 12.8. The lowest BCUT2D eigenvalue weighted by Gasteiger charge is -2.26. The number of carbonyl (C=O) groups excluding carboxylic acids is 2. The van der Waals surface area contributed by atoms with Crippen molar-refractivity contribution in [3.05, 3.63) is 59.0 Å². The van der Waals surface area contributed by atoms with Gasteiger partial charge in [0.2, 0.25) is 0 Å². The number of nitrogens with one attached hydrogen (secondary N) is 1. The molecule has 12 heteroatoms. The van der Waals surface area contributed by atoms with E-state index in [1.54, 1.807) is 29.4 Å². The van der Waals surface area contributed by atoms with E-state index >= 15 is 0 Å². The molecule has 1 aliphatic rings. The molecule has 1 fully saturated rings. The summed E-state index contributed by atoms with van der Waals surface area (Å²) in [5.41, 5.74) is 0.123. The molecule has 0 atom stereocenters. The van der Waals surface area contributed by atoms with Gasteiger partial charge in [0.25, 0.3) is 5.91 Å². The van der Waals surface area contributed by atoms with Crippen LogP contribution in [0.3, 0.4) is 0 Å². The van der Waals surface area contributed by atoms with Crippen LogP contribution in [0.1, 0.15) is 26.5 Å². The van der Waals surface area contributed by atoms with Crippen molar-refractivity contribution in [3.63, 3.8) is 0 Å². The van der Waals surface area contributed by atoms with Crippen molar-refractivity contribution in [2.45, 2.75) is 0 Å². The SMILES string of the molecule is C#Cc1cc(NC(=O)c2ccc(-n3ccnc3)nn2)c(C(=O)OCCN2CCOCC2)nc1Cl. The summed E-state index contributed by atoms with van der Waals surface area (Å²) in [6, 6.07) is 4.49. The average molecular weight is 482 g/mol. The van der Waals surface area contributed by atoms with Gasteiger partial charge in [0, 0.05) is 32.0 Å². The van der Waals surface area contributed by atoms with Crippen LogP contribution in [0, 0.1) is 12.3 Å². The van der Waals surface area contributed by atoms with Gasteiger partial charge < -0.3 is 14.8 Å². The highest BCUT2D eigenvalue weighted by molar-refractivity contribution is 6.31. The highest BCUT2D eigenvalue weighted by Crippen LogP contribution is 2.23. The molecule has 0 aromatic carbocycles. The quantitative estimate of drug-likeness (QED) is 0.303. The summed E-state index contributed by atoms with van der Waals surface area (Å²) in [7, 11) is 0. The Hall–Kier alpha value is -3.85. The molecule has 3 aromatic heterocycles. The van der Waals surface area contributed by atoms with Gasteiger partial charge in [-0.1, -0.05) is 17.5 Å². The minimum absolute atomic E-state index is 0.0210. The second-order valence-electron chi connectivity index (χ2n) is 7.16. The van der Waals surface area contributed by atoms with Gasteiger partial charge in [-0.05, 0) is 18.2 Å². The Morgan fingerprint density at radius 3 is 2.76 bits per heavy atom. The van der Waals surface area contributed by atoms with E-state index in [1.165, 1.54) is 12.1 Å². The van der Waals surface area contributed by atoms with Gasteiger partial charge in [-0.25, -0.2) is 14.8 Å². The molecule has 0 spiro atoms. The van der Waals surface area contributed by atoms with Crippen LogP contribution in [0.15, 0.2) is 36.9 Å². The van der Waals surface area contributed by atoms with E-state index in [2.05, 4.69) is 36.3 Å². The normalized spacial score (nSPS) is 13.8. The molecular formula is C22H20ClN7O4. The summed E-state index contributed by atoms with van der Waals surface area (Å²) in [6.07, 6.45) is 10.3. The van der Waals surface area contributed by atoms with Crippen LogP contribution in [0.4, 0.5) is 5.69 Å². The first kappa shape index (κ1) is 23.3. The van der Waals surface area contributed by atoms with Crippen molar-refractivity contribution in [1.82, 2.24) is 29.6 Å². The fraction of sp³-hybridized carbons (Fsp3) is 0.273. The molecule has 1 saturated heterocycles. The second kappa shape index (κ2) is 10.8. The Bertz CT molecular complexity index is 1200. The van der Waals surface area contributed by atoms with E-state index in [-0.39, 0.29) is 34.4 Å². The number of amides is 1. The highest BCUT2D eigenvalue weighted by atomic mass is 35.5. The molecule has 3 aromatic rings. The van der Waals surface area contributed by atoms with Crippen molar-refractivity contribution in [2.24, 2.45) is 0 Å². The number of pyridine rings is 1. The van der Waals surface area contributed by atoms with Crippen molar-refractivity contribution in [1.29, 1.82) is 0 Å². The van der Waals surface area contributed by atoms with E-state index in [9.17, 15) is 9.59 Å². The standard InChI is InChI=1S/C22H20ClN7O4/c1-2-15-13-17(25-21(31)16-3-4-18(28-27-16)30-6-5-24-14-30)19(26-20(15)23)22(32)34-12-9-29-7-10-33-11-8-29/h1,3-6,13-14H,7-12H2,(H,25,31). The maximum atomic E-state index is 12.8. The predicted molar refractivity (Wildman–Crippen MR) is 122 cm³/mol. The topological polar surface area (TPSA) is 124 Å². The van der Waals surface area contributed by atoms with Crippen molar-refractivity contribution in [3.8, 4) is 18.2 Å². The zero-order valence-electron chi connectivity index (χ0n) is 18.0. The molecule has 1 N–H and O–H groups in total. The highest BCUT2D eigenvalue weighted by Gasteiger charge is 2.21. The fourth-order valence-electron chi connectivity index (χ4n) is 3.17. The zero-order valence-corrected chi connectivity index (χ0v) is 18.7. The van der Waals surface area contributed by atoms with E-state index in [0.29, 0.717) is 25.6 Å². The number of carbonyl (C=O) groups is 2. The first-order chi connectivity index (χ1) is 16.5. The van der Waals surface area contributed by atoms with Gasteiger partial charge in [-0.15, -0.1) is 16.6 Å². The number of imidazole rings is 1. The smallest absolute Gasteiger partial charge is 0.359 e. The van der Waals surface area contributed by atoms with Crippen molar-refractivity contribution < 1.29 is 19.1 Å². The summed E-state index contributed by atoms with van der Waals surface area (Å²) in [5, 5.41) is 10.5. The van der Waals surface area contributed by atoms with E-state index in [0.717, 1.165) is 13.1 Å². The third-order valence-electron chi connectivity index (χ3n) is 4.97. The third-order valence-corrected chi connectivity index (χ3v) is 5.26. The second-order valence-corrected chi connectivity index (χ2v) is 7.52. The number of esters is 1. The molecule has 0 aliphatic carbocycles. The molecule has 4 rings (SSSR count). The number of anilines is 1. The van der Waals surface area contributed by atoms with Gasteiger partial charge in [0.1, 0.15) is 18.1 Å². The Labute approximate surface area is 200 Å². The number of halogens is 1. The lowest BCUT2D eigenvalue weighted by molar-refractivity contribution is 0.0193. The van der Waals surface area contributed by atoms with Crippen LogP contribution in [-0.4, -0.2) is 81.0 Å². The molecule has 0 saturated carbocycles. The van der Waals surface area contributed by atoms with Crippen LogP contribution in [0.2, 0.25) is 5.15 Å². The Morgan fingerprint density at radius 1 is 1.26 bits per heavy atom. The van der Waals surface area contributed by atoms with Crippen LogP contribution >= 0.6 is 11.6 Å². The summed E-state index contributed by atoms with van der Waals surface area (Å²) < 4.78 is 12.3. The monoisotopic (exact) mass is 481 g/mol. The van der Waals surface area contributed by atoms with Crippen LogP contribution < -0.4 is 5.32 Å².